The van der Waals surface area contributed by atoms with Crippen molar-refractivity contribution in [1.82, 2.24) is 5.32 Å². The number of hydrogen-bond acceptors (Lipinski definition) is 5. The van der Waals surface area contributed by atoms with Gasteiger partial charge in [-0.1, -0.05) is 30.3 Å². The topological polar surface area (TPSA) is 97.9 Å². The molecule has 8 heteroatoms. The average molecular weight is 435 g/mol. The molecule has 3 N–H and O–H groups in total. The van der Waals surface area contributed by atoms with Crippen molar-refractivity contribution in [3.05, 3.63) is 84.4 Å². The van der Waals surface area contributed by atoms with Gasteiger partial charge in [0.05, 0.1) is 20.3 Å². The van der Waals surface area contributed by atoms with Crippen LogP contribution in [-0.4, -0.2) is 33.0 Å². The average Bonchev–Trinajstić information content (AvgIpc) is 2.83. The van der Waals surface area contributed by atoms with Gasteiger partial charge in [0, 0.05) is 11.4 Å². The fourth-order valence-corrected chi connectivity index (χ4v) is 2.89. The number of anilines is 2. The van der Waals surface area contributed by atoms with Gasteiger partial charge >= 0.3 is 12.1 Å². The zero-order valence-electron chi connectivity index (χ0n) is 17.8. The molecule has 0 saturated carbocycles. The van der Waals surface area contributed by atoms with Crippen LogP contribution in [0.15, 0.2) is 78.9 Å². The molecule has 1 atom stereocenters. The third-order valence-electron chi connectivity index (χ3n) is 4.57. The molecule has 8 nitrogen and oxygen atoms in total. The van der Waals surface area contributed by atoms with Gasteiger partial charge in [-0.15, -0.1) is 0 Å². The van der Waals surface area contributed by atoms with Gasteiger partial charge in [0.15, 0.2) is 0 Å². The maximum absolute atomic E-state index is 12.5. The second-order valence-corrected chi connectivity index (χ2v) is 6.74. The van der Waals surface area contributed by atoms with Gasteiger partial charge in [-0.05, 0) is 54.1 Å². The number of nitrogens with one attached hydrogen (secondary N) is 3. The van der Waals surface area contributed by atoms with Crippen LogP contribution in [0.5, 0.6) is 11.5 Å². The molecule has 3 amide bonds. The lowest BCUT2D eigenvalue weighted by Crippen LogP contribution is -2.35. The van der Waals surface area contributed by atoms with Crippen LogP contribution in [-0.2, 0) is 4.74 Å². The summed E-state index contributed by atoms with van der Waals surface area (Å²) in [5.74, 6) is 1.37. The van der Waals surface area contributed by atoms with Gasteiger partial charge in [-0.2, -0.15) is 0 Å². The monoisotopic (exact) mass is 435 g/mol. The number of hydrogen-bond donors (Lipinski definition) is 3. The third kappa shape index (κ3) is 6.66. The molecule has 0 aliphatic rings. The summed E-state index contributed by atoms with van der Waals surface area (Å²) < 4.78 is 15.6. The van der Waals surface area contributed by atoms with E-state index < -0.39 is 18.2 Å². The van der Waals surface area contributed by atoms with Gasteiger partial charge in [0.1, 0.15) is 18.1 Å². The van der Waals surface area contributed by atoms with Crippen molar-refractivity contribution in [2.75, 3.05) is 31.5 Å². The first kappa shape index (κ1) is 22.5. The molecule has 166 valence electrons. The first-order valence-electron chi connectivity index (χ1n) is 9.91. The van der Waals surface area contributed by atoms with E-state index in [1.165, 1.54) is 0 Å². The van der Waals surface area contributed by atoms with Gasteiger partial charge in [0.2, 0.25) is 0 Å². The van der Waals surface area contributed by atoms with E-state index in [-0.39, 0.29) is 6.61 Å². The van der Waals surface area contributed by atoms with Gasteiger partial charge in [-0.25, -0.2) is 9.59 Å². The van der Waals surface area contributed by atoms with Crippen LogP contribution < -0.4 is 25.4 Å². The first-order chi connectivity index (χ1) is 15.6. The van der Waals surface area contributed by atoms with E-state index in [1.54, 1.807) is 62.8 Å². The zero-order valence-corrected chi connectivity index (χ0v) is 17.8. The van der Waals surface area contributed by atoms with Crippen molar-refractivity contribution in [3.8, 4) is 11.5 Å². The molecule has 0 saturated heterocycles. The Labute approximate surface area is 186 Å². The van der Waals surface area contributed by atoms with Crippen molar-refractivity contribution in [3.63, 3.8) is 0 Å². The predicted molar refractivity (Wildman–Crippen MR) is 122 cm³/mol. The number of methoxy groups -OCH3 is 2. The Morgan fingerprint density at radius 3 is 1.81 bits per heavy atom. The van der Waals surface area contributed by atoms with E-state index in [2.05, 4.69) is 16.0 Å². The number of ether oxygens (including phenoxy) is 3. The Kier molecular flexibility index (Phi) is 7.91. The van der Waals surface area contributed by atoms with Gasteiger partial charge in [-0.3, -0.25) is 5.32 Å². The molecule has 0 aliphatic carbocycles. The minimum absolute atomic E-state index is 0.0535. The summed E-state index contributed by atoms with van der Waals surface area (Å²) in [5.41, 5.74) is 1.97. The SMILES string of the molecule is COc1ccc(NC(=O)NC(COC(=O)Nc2ccc(OC)cc2)c2ccccc2)cc1. The predicted octanol–water partition coefficient (Wildman–Crippen LogP) is 4.82. The second-order valence-electron chi connectivity index (χ2n) is 6.74. The lowest BCUT2D eigenvalue weighted by atomic mass is 10.1. The highest BCUT2D eigenvalue weighted by Gasteiger charge is 2.17. The molecule has 3 aromatic carbocycles. The fourth-order valence-electron chi connectivity index (χ4n) is 2.89. The molecule has 3 rings (SSSR count). The summed E-state index contributed by atoms with van der Waals surface area (Å²) in [6.07, 6.45) is -0.631. The Morgan fingerprint density at radius 2 is 1.28 bits per heavy atom. The Balaban J connectivity index is 1.59. The summed E-state index contributed by atoms with van der Waals surface area (Å²) in [4.78, 5) is 24.8. The minimum atomic E-state index is -0.631. The first-order valence-corrected chi connectivity index (χ1v) is 9.91. The molecule has 0 fully saturated rings. The molecule has 0 heterocycles. The fraction of sp³-hybridized carbons (Fsp3) is 0.167. The van der Waals surface area contributed by atoms with Crippen LogP contribution in [0.2, 0.25) is 0 Å². The standard InChI is InChI=1S/C24H25N3O5/c1-30-20-12-8-18(9-13-20)25-23(28)27-22(17-6-4-3-5-7-17)16-32-24(29)26-19-10-14-21(31-2)15-11-19/h3-15,22H,16H2,1-2H3,(H,26,29)(H2,25,27,28). The lowest BCUT2D eigenvalue weighted by Gasteiger charge is -2.20. The summed E-state index contributed by atoms with van der Waals surface area (Å²) in [7, 11) is 3.14. The molecule has 0 radical (unpaired) electrons. The van der Waals surface area contributed by atoms with E-state index in [0.717, 1.165) is 5.56 Å². The molecule has 0 bridgehead atoms. The maximum atomic E-state index is 12.5. The maximum Gasteiger partial charge on any atom is 0.411 e. The van der Waals surface area contributed by atoms with Crippen LogP contribution in [0.4, 0.5) is 21.0 Å². The highest BCUT2D eigenvalue weighted by Crippen LogP contribution is 2.18. The number of carbonyl (C=O) groups is 2. The Morgan fingerprint density at radius 1 is 0.750 bits per heavy atom. The molecule has 1 unspecified atom stereocenters. The quantitative estimate of drug-likeness (QED) is 0.471. The largest absolute Gasteiger partial charge is 0.497 e. The van der Waals surface area contributed by atoms with Crippen molar-refractivity contribution in [2.45, 2.75) is 6.04 Å². The Bertz CT molecular complexity index is 1010. The molecular weight excluding hydrogens is 410 g/mol. The zero-order chi connectivity index (χ0) is 22.8. The molecule has 32 heavy (non-hydrogen) atoms. The summed E-state index contributed by atoms with van der Waals surface area (Å²) in [6.45, 7) is -0.0535. The molecule has 0 aromatic heterocycles. The minimum Gasteiger partial charge on any atom is -0.497 e. The normalized spacial score (nSPS) is 11.1. The van der Waals surface area contributed by atoms with Crippen LogP contribution in [0.1, 0.15) is 11.6 Å². The van der Waals surface area contributed by atoms with Crippen molar-refractivity contribution >= 4 is 23.5 Å². The van der Waals surface area contributed by atoms with E-state index >= 15 is 0 Å². The van der Waals surface area contributed by atoms with Crippen molar-refractivity contribution < 1.29 is 23.8 Å². The molecule has 0 aliphatic heterocycles. The Hall–Kier alpha value is -4.20. The second kappa shape index (κ2) is 11.3. The lowest BCUT2D eigenvalue weighted by molar-refractivity contribution is 0.149. The van der Waals surface area contributed by atoms with Gasteiger partial charge in [0.25, 0.3) is 0 Å². The molecule has 3 aromatic rings. The number of benzene rings is 3. The van der Waals surface area contributed by atoms with E-state index in [0.29, 0.717) is 22.9 Å². The van der Waals surface area contributed by atoms with Crippen LogP contribution in [0, 0.1) is 0 Å². The smallest absolute Gasteiger partial charge is 0.411 e. The summed E-state index contributed by atoms with van der Waals surface area (Å²) >= 11 is 0. The molecule has 0 spiro atoms. The molecular formula is C24H25N3O5. The summed E-state index contributed by atoms with van der Waals surface area (Å²) in [5, 5.41) is 8.25. The van der Waals surface area contributed by atoms with Crippen LogP contribution >= 0.6 is 0 Å². The number of urea groups is 1. The number of rotatable bonds is 8. The van der Waals surface area contributed by atoms with Crippen LogP contribution in [0.3, 0.4) is 0 Å². The van der Waals surface area contributed by atoms with E-state index in [4.69, 9.17) is 14.2 Å². The van der Waals surface area contributed by atoms with E-state index in [9.17, 15) is 9.59 Å². The number of carbonyl (C=O) groups excluding carboxylic acids is 2. The highest BCUT2D eigenvalue weighted by molar-refractivity contribution is 5.89. The summed E-state index contributed by atoms with van der Waals surface area (Å²) in [6, 6.07) is 22.1. The third-order valence-corrected chi connectivity index (χ3v) is 4.57. The van der Waals surface area contributed by atoms with Crippen molar-refractivity contribution in [1.29, 1.82) is 0 Å². The van der Waals surface area contributed by atoms with Crippen LogP contribution in [0.25, 0.3) is 0 Å². The number of amides is 3. The van der Waals surface area contributed by atoms with E-state index in [1.807, 2.05) is 30.3 Å². The van der Waals surface area contributed by atoms with Gasteiger partial charge < -0.3 is 24.8 Å². The van der Waals surface area contributed by atoms with Crippen molar-refractivity contribution in [2.24, 2.45) is 0 Å². The highest BCUT2D eigenvalue weighted by atomic mass is 16.5.